The molecule has 3 aromatic rings. The van der Waals surface area contributed by atoms with E-state index >= 15 is 0 Å². The molecule has 0 unspecified atom stereocenters. The molecule has 0 spiro atoms. The van der Waals surface area contributed by atoms with E-state index < -0.39 is 11.7 Å². The van der Waals surface area contributed by atoms with Gasteiger partial charge in [-0.1, -0.05) is 6.58 Å². The van der Waals surface area contributed by atoms with Gasteiger partial charge in [-0.15, -0.1) is 0 Å². The summed E-state index contributed by atoms with van der Waals surface area (Å²) >= 11 is 0. The summed E-state index contributed by atoms with van der Waals surface area (Å²) in [6.07, 6.45) is 11.4. The maximum Gasteiger partial charge on any atom is 0.269 e. The second kappa shape index (κ2) is 11.4. The zero-order valence-corrected chi connectivity index (χ0v) is 20.4. The molecule has 1 amide bonds. The predicted molar refractivity (Wildman–Crippen MR) is 142 cm³/mol. The number of benzene rings is 1. The Labute approximate surface area is 218 Å². The monoisotopic (exact) mass is 512 g/mol. The van der Waals surface area contributed by atoms with Gasteiger partial charge in [0.05, 0.1) is 19.4 Å². The van der Waals surface area contributed by atoms with Gasteiger partial charge in [-0.05, 0) is 60.2 Å². The molecule has 0 saturated carbocycles. The number of hydrazine groups is 1. The number of nitrogens with zero attached hydrogens (tertiary/aromatic N) is 5. The molecule has 2 aliphatic rings. The molecule has 0 atom stereocenters. The average Bonchev–Trinajstić information content (AvgIpc) is 3.14. The fourth-order valence-corrected chi connectivity index (χ4v) is 3.85. The van der Waals surface area contributed by atoms with Crippen molar-refractivity contribution in [2.45, 2.75) is 0 Å². The van der Waals surface area contributed by atoms with E-state index in [9.17, 15) is 9.18 Å². The standard InChI is InChI=1S/C27H25FN8O2/c1-18-15-20(26(37)34-35-27-31-17-23(28)25(33-27)36-11-13-38-14-12-36)5-8-22(16-18)32-21-6-3-19(4-7-21)24-29-9-2-10-30-24/h2-10,15-17,32H,1,11-14H2,(H,34,37)(H,31,33,35). The van der Waals surface area contributed by atoms with Gasteiger partial charge in [0.25, 0.3) is 5.91 Å². The summed E-state index contributed by atoms with van der Waals surface area (Å²) in [5, 5.41) is 3.31. The third-order valence-electron chi connectivity index (χ3n) is 5.71. The maximum absolute atomic E-state index is 14.3. The summed E-state index contributed by atoms with van der Waals surface area (Å²) in [6.45, 7) is 6.04. The number of hydrogen-bond donors (Lipinski definition) is 3. The Hall–Kier alpha value is -4.90. The molecule has 38 heavy (non-hydrogen) atoms. The molecule has 2 aromatic heterocycles. The van der Waals surface area contributed by atoms with Gasteiger partial charge in [-0.25, -0.2) is 19.3 Å². The van der Waals surface area contributed by atoms with Crippen LogP contribution in [0.15, 0.2) is 96.6 Å². The minimum atomic E-state index is -0.538. The summed E-state index contributed by atoms with van der Waals surface area (Å²) in [5.41, 5.74) is 8.72. The highest BCUT2D eigenvalue weighted by atomic mass is 19.1. The van der Waals surface area contributed by atoms with Gasteiger partial charge in [0, 0.05) is 48.0 Å². The first kappa shape index (κ1) is 24.8. The smallest absolute Gasteiger partial charge is 0.269 e. The summed E-state index contributed by atoms with van der Waals surface area (Å²) in [4.78, 5) is 31.2. The minimum Gasteiger partial charge on any atom is -0.378 e. The fourth-order valence-electron chi connectivity index (χ4n) is 3.85. The van der Waals surface area contributed by atoms with E-state index in [-0.39, 0.29) is 11.8 Å². The Morgan fingerprint density at radius 3 is 2.55 bits per heavy atom. The Balaban J connectivity index is 1.20. The molecule has 1 saturated heterocycles. The number of ether oxygens (including phenoxy) is 1. The van der Waals surface area contributed by atoms with Crippen LogP contribution in [0.1, 0.15) is 0 Å². The lowest BCUT2D eigenvalue weighted by atomic mass is 10.2. The highest BCUT2D eigenvalue weighted by Crippen LogP contribution is 2.21. The maximum atomic E-state index is 14.3. The molecule has 3 heterocycles. The largest absolute Gasteiger partial charge is 0.378 e. The van der Waals surface area contributed by atoms with Gasteiger partial charge in [-0.2, -0.15) is 4.98 Å². The number of aromatic nitrogens is 4. The lowest BCUT2D eigenvalue weighted by Crippen LogP contribution is -2.38. The first-order chi connectivity index (χ1) is 18.5. The summed E-state index contributed by atoms with van der Waals surface area (Å²) in [5.74, 6) is -0.0825. The Morgan fingerprint density at radius 1 is 1.03 bits per heavy atom. The second-order valence-corrected chi connectivity index (χ2v) is 8.43. The fraction of sp³-hybridized carbons (Fsp3) is 0.148. The van der Waals surface area contributed by atoms with Crippen LogP contribution in [0.5, 0.6) is 0 Å². The van der Waals surface area contributed by atoms with E-state index in [2.05, 4.69) is 42.7 Å². The average molecular weight is 513 g/mol. The van der Waals surface area contributed by atoms with Crippen molar-refractivity contribution in [1.82, 2.24) is 25.4 Å². The highest BCUT2D eigenvalue weighted by molar-refractivity contribution is 5.97. The van der Waals surface area contributed by atoms with Crippen LogP contribution in [0.4, 0.5) is 21.8 Å². The van der Waals surface area contributed by atoms with Crippen LogP contribution in [0.3, 0.4) is 0 Å². The third-order valence-corrected chi connectivity index (χ3v) is 5.71. The number of rotatable bonds is 7. The first-order valence-corrected chi connectivity index (χ1v) is 11.9. The van der Waals surface area contributed by atoms with E-state index in [0.717, 1.165) is 23.1 Å². The van der Waals surface area contributed by atoms with Gasteiger partial charge in [-0.3, -0.25) is 15.6 Å². The summed E-state index contributed by atoms with van der Waals surface area (Å²) in [6, 6.07) is 9.48. The van der Waals surface area contributed by atoms with Crippen LogP contribution in [0, 0.1) is 5.82 Å². The van der Waals surface area contributed by atoms with Crippen molar-refractivity contribution in [3.63, 3.8) is 0 Å². The van der Waals surface area contributed by atoms with Gasteiger partial charge < -0.3 is 15.0 Å². The van der Waals surface area contributed by atoms with Crippen molar-refractivity contribution in [3.05, 3.63) is 102 Å². The number of carbonyl (C=O) groups is 1. The van der Waals surface area contributed by atoms with Gasteiger partial charge in [0.1, 0.15) is 0 Å². The molecule has 11 heteroatoms. The minimum absolute atomic E-state index is 0.0723. The van der Waals surface area contributed by atoms with E-state index in [0.29, 0.717) is 43.3 Å². The second-order valence-electron chi connectivity index (χ2n) is 8.43. The number of carbonyl (C=O) groups excluding carboxylic acids is 1. The molecule has 5 rings (SSSR count). The number of halogens is 1. The number of anilines is 3. The molecular formula is C27H25FN8O2. The van der Waals surface area contributed by atoms with Crippen LogP contribution >= 0.6 is 0 Å². The van der Waals surface area contributed by atoms with Crippen molar-refractivity contribution in [2.75, 3.05) is 41.9 Å². The predicted octanol–water partition coefficient (Wildman–Crippen LogP) is 3.40. The molecule has 1 aliphatic heterocycles. The SMILES string of the molecule is C=C1C=C(Nc2ccc(-c3ncccn3)cc2)C=CC(C(=O)NNc2ncc(F)c(N3CCOCC3)n2)=C1. The van der Waals surface area contributed by atoms with E-state index in [4.69, 9.17) is 4.74 Å². The summed E-state index contributed by atoms with van der Waals surface area (Å²) < 4.78 is 19.6. The van der Waals surface area contributed by atoms with Gasteiger partial charge in [0.2, 0.25) is 5.95 Å². The lowest BCUT2D eigenvalue weighted by molar-refractivity contribution is -0.116. The topological polar surface area (TPSA) is 117 Å². The first-order valence-electron chi connectivity index (χ1n) is 11.9. The molecule has 10 nitrogen and oxygen atoms in total. The Kier molecular flexibility index (Phi) is 7.46. The van der Waals surface area contributed by atoms with Crippen LogP contribution in [0.2, 0.25) is 0 Å². The molecular weight excluding hydrogens is 487 g/mol. The molecule has 3 N–H and O–H groups in total. The van der Waals surface area contributed by atoms with Crippen molar-refractivity contribution in [3.8, 4) is 11.4 Å². The van der Waals surface area contributed by atoms with Crippen molar-refractivity contribution < 1.29 is 13.9 Å². The van der Waals surface area contributed by atoms with Crippen LogP contribution in [-0.2, 0) is 9.53 Å². The lowest BCUT2D eigenvalue weighted by Gasteiger charge is -2.28. The molecule has 1 aromatic carbocycles. The zero-order chi connectivity index (χ0) is 26.3. The van der Waals surface area contributed by atoms with Crippen molar-refractivity contribution in [2.24, 2.45) is 0 Å². The molecule has 1 fully saturated rings. The van der Waals surface area contributed by atoms with Crippen molar-refractivity contribution in [1.29, 1.82) is 0 Å². The van der Waals surface area contributed by atoms with E-state index in [1.54, 1.807) is 41.6 Å². The number of allylic oxidation sites excluding steroid dienone is 4. The normalized spacial score (nSPS) is 15.3. The van der Waals surface area contributed by atoms with Gasteiger partial charge >= 0.3 is 0 Å². The third kappa shape index (κ3) is 6.08. The number of morpholine rings is 1. The van der Waals surface area contributed by atoms with E-state index in [1.807, 2.05) is 30.3 Å². The van der Waals surface area contributed by atoms with Gasteiger partial charge in [0.15, 0.2) is 17.5 Å². The zero-order valence-electron chi connectivity index (χ0n) is 20.4. The molecule has 0 bridgehead atoms. The van der Waals surface area contributed by atoms with Crippen LogP contribution < -0.4 is 21.1 Å². The highest BCUT2D eigenvalue weighted by Gasteiger charge is 2.18. The van der Waals surface area contributed by atoms with Crippen molar-refractivity contribution >= 4 is 23.4 Å². The van der Waals surface area contributed by atoms with Crippen LogP contribution in [0.25, 0.3) is 11.4 Å². The number of amides is 1. The Morgan fingerprint density at radius 2 is 1.79 bits per heavy atom. The molecule has 1 aliphatic carbocycles. The quantitative estimate of drug-likeness (QED) is 0.410. The number of nitrogens with one attached hydrogen (secondary N) is 3. The Bertz CT molecular complexity index is 1410. The molecule has 192 valence electrons. The number of hydrogen-bond acceptors (Lipinski definition) is 9. The van der Waals surface area contributed by atoms with Crippen LogP contribution in [-0.4, -0.2) is 52.1 Å². The van der Waals surface area contributed by atoms with E-state index in [1.165, 1.54) is 0 Å². The summed E-state index contributed by atoms with van der Waals surface area (Å²) in [7, 11) is 0. The molecule has 0 radical (unpaired) electrons.